The van der Waals surface area contributed by atoms with Crippen LogP contribution in [0.4, 0.5) is 5.69 Å². The summed E-state index contributed by atoms with van der Waals surface area (Å²) in [6, 6.07) is 8.16. The lowest BCUT2D eigenvalue weighted by molar-refractivity contribution is 0.109. The van der Waals surface area contributed by atoms with Gasteiger partial charge in [0, 0.05) is 24.8 Å². The quantitative estimate of drug-likeness (QED) is 0.777. The number of benzene rings is 1. The molecule has 1 aliphatic rings. The van der Waals surface area contributed by atoms with Crippen molar-refractivity contribution in [1.82, 2.24) is 9.80 Å². The second-order valence-electron chi connectivity index (χ2n) is 5.83. The molecule has 1 fully saturated rings. The molecule has 0 radical (unpaired) electrons. The van der Waals surface area contributed by atoms with Crippen LogP contribution in [-0.2, 0) is 0 Å². The van der Waals surface area contributed by atoms with E-state index in [1.54, 1.807) is 0 Å². The maximum absolute atomic E-state index is 10.3. The van der Waals surface area contributed by atoms with Crippen LogP contribution in [0, 0.1) is 0 Å². The van der Waals surface area contributed by atoms with Crippen molar-refractivity contribution in [2.45, 2.75) is 31.9 Å². The molecular weight excluding hydrogens is 250 g/mol. The maximum Gasteiger partial charge on any atom is 0.0917 e. The lowest BCUT2D eigenvalue weighted by atomic mass is 10.1. The van der Waals surface area contributed by atoms with Gasteiger partial charge in [-0.15, -0.1) is 0 Å². The fourth-order valence-electron chi connectivity index (χ4n) is 3.12. The van der Waals surface area contributed by atoms with Gasteiger partial charge in [0.2, 0.25) is 0 Å². The molecule has 0 bridgehead atoms. The van der Waals surface area contributed by atoms with E-state index in [1.165, 1.54) is 19.4 Å². The van der Waals surface area contributed by atoms with Gasteiger partial charge >= 0.3 is 0 Å². The molecule has 2 unspecified atom stereocenters. The highest BCUT2D eigenvalue weighted by atomic mass is 16.3. The van der Waals surface area contributed by atoms with E-state index in [2.05, 4.69) is 23.8 Å². The summed E-state index contributed by atoms with van der Waals surface area (Å²) in [6.07, 6.45) is 2.09. The molecule has 4 nitrogen and oxygen atoms in total. The zero-order valence-electron chi connectivity index (χ0n) is 12.6. The molecule has 4 heteroatoms. The zero-order chi connectivity index (χ0) is 14.5. The number of nitrogen functional groups attached to an aromatic ring is 1. The van der Waals surface area contributed by atoms with Crippen LogP contribution in [0.15, 0.2) is 24.3 Å². The summed E-state index contributed by atoms with van der Waals surface area (Å²) >= 11 is 0. The molecule has 0 aliphatic carbocycles. The van der Waals surface area contributed by atoms with E-state index >= 15 is 0 Å². The highest BCUT2D eigenvalue weighted by molar-refractivity contribution is 5.41. The third kappa shape index (κ3) is 3.95. The molecule has 2 rings (SSSR count). The normalized spacial score (nSPS) is 21.5. The molecule has 112 valence electrons. The predicted molar refractivity (Wildman–Crippen MR) is 83.6 cm³/mol. The SMILES string of the molecule is CCN1CCCC1CN(C)CC(O)c1cccc(N)c1. The smallest absolute Gasteiger partial charge is 0.0917 e. The van der Waals surface area contributed by atoms with Crippen molar-refractivity contribution in [3.05, 3.63) is 29.8 Å². The first-order valence-corrected chi connectivity index (χ1v) is 7.56. The summed E-state index contributed by atoms with van der Waals surface area (Å²) in [4.78, 5) is 4.76. The third-order valence-corrected chi connectivity index (χ3v) is 4.21. The summed E-state index contributed by atoms with van der Waals surface area (Å²) < 4.78 is 0. The van der Waals surface area contributed by atoms with Crippen molar-refractivity contribution in [1.29, 1.82) is 0 Å². The van der Waals surface area contributed by atoms with E-state index in [0.29, 0.717) is 18.3 Å². The summed E-state index contributed by atoms with van der Waals surface area (Å²) in [7, 11) is 2.08. The van der Waals surface area contributed by atoms with Gasteiger partial charge in [0.25, 0.3) is 0 Å². The molecule has 1 aliphatic heterocycles. The van der Waals surface area contributed by atoms with Crippen LogP contribution in [0.1, 0.15) is 31.4 Å². The number of hydrogen-bond acceptors (Lipinski definition) is 4. The van der Waals surface area contributed by atoms with E-state index in [9.17, 15) is 5.11 Å². The van der Waals surface area contributed by atoms with Crippen molar-refractivity contribution in [3.8, 4) is 0 Å². The number of nitrogens with two attached hydrogens (primary N) is 1. The third-order valence-electron chi connectivity index (χ3n) is 4.21. The standard InChI is InChI=1S/C16H27N3O/c1-3-19-9-5-8-15(19)11-18(2)12-16(20)13-6-4-7-14(17)10-13/h4,6-7,10,15-16,20H,3,5,8-9,11-12,17H2,1-2H3. The van der Waals surface area contributed by atoms with Crippen LogP contribution in [-0.4, -0.2) is 54.2 Å². The topological polar surface area (TPSA) is 52.7 Å². The highest BCUT2D eigenvalue weighted by Crippen LogP contribution is 2.20. The molecule has 1 heterocycles. The van der Waals surface area contributed by atoms with Crippen LogP contribution in [0.25, 0.3) is 0 Å². The monoisotopic (exact) mass is 277 g/mol. The largest absolute Gasteiger partial charge is 0.399 e. The number of aliphatic hydroxyl groups is 1. The summed E-state index contributed by atoms with van der Waals surface area (Å²) in [5.41, 5.74) is 7.37. The number of rotatable bonds is 6. The van der Waals surface area contributed by atoms with Gasteiger partial charge < -0.3 is 15.7 Å². The fourth-order valence-corrected chi connectivity index (χ4v) is 3.12. The van der Waals surface area contributed by atoms with Crippen LogP contribution in [0.3, 0.4) is 0 Å². The Balaban J connectivity index is 1.86. The van der Waals surface area contributed by atoms with Crippen LogP contribution >= 0.6 is 0 Å². The second-order valence-corrected chi connectivity index (χ2v) is 5.83. The Morgan fingerprint density at radius 3 is 3.00 bits per heavy atom. The number of likely N-dealkylation sites (N-methyl/N-ethyl adjacent to an activating group) is 2. The van der Waals surface area contributed by atoms with Crippen molar-refractivity contribution in [2.75, 3.05) is 39.0 Å². The number of aliphatic hydroxyl groups excluding tert-OH is 1. The van der Waals surface area contributed by atoms with Crippen LogP contribution in [0.2, 0.25) is 0 Å². The molecule has 1 aromatic carbocycles. The number of anilines is 1. The van der Waals surface area contributed by atoms with Gasteiger partial charge in [0.1, 0.15) is 0 Å². The molecule has 2 atom stereocenters. The molecule has 0 spiro atoms. The average molecular weight is 277 g/mol. The van der Waals surface area contributed by atoms with Gasteiger partial charge in [-0.05, 0) is 50.7 Å². The first-order valence-electron chi connectivity index (χ1n) is 7.56. The Bertz CT molecular complexity index is 424. The lowest BCUT2D eigenvalue weighted by Gasteiger charge is -2.29. The molecule has 0 amide bonds. The molecule has 20 heavy (non-hydrogen) atoms. The molecule has 0 saturated carbocycles. The molecule has 0 aromatic heterocycles. The van der Waals surface area contributed by atoms with Gasteiger partial charge in [-0.1, -0.05) is 19.1 Å². The van der Waals surface area contributed by atoms with E-state index in [-0.39, 0.29) is 0 Å². The Morgan fingerprint density at radius 2 is 2.30 bits per heavy atom. The summed E-state index contributed by atoms with van der Waals surface area (Å²) in [6.45, 7) is 6.23. The minimum atomic E-state index is -0.472. The average Bonchev–Trinajstić information content (AvgIpc) is 2.85. The minimum Gasteiger partial charge on any atom is -0.399 e. The lowest BCUT2D eigenvalue weighted by Crippen LogP contribution is -2.40. The number of likely N-dealkylation sites (tertiary alicyclic amines) is 1. The first-order chi connectivity index (χ1) is 9.60. The Hall–Kier alpha value is -1.10. The Kier molecular flexibility index (Phi) is 5.40. The van der Waals surface area contributed by atoms with Crippen LogP contribution in [0.5, 0.6) is 0 Å². The highest BCUT2D eigenvalue weighted by Gasteiger charge is 2.24. The summed E-state index contributed by atoms with van der Waals surface area (Å²) in [5, 5.41) is 10.3. The van der Waals surface area contributed by atoms with E-state index in [1.807, 2.05) is 24.3 Å². The van der Waals surface area contributed by atoms with Gasteiger partial charge in [-0.25, -0.2) is 0 Å². The molecular formula is C16H27N3O. The van der Waals surface area contributed by atoms with E-state index < -0.39 is 6.10 Å². The van der Waals surface area contributed by atoms with Crippen LogP contribution < -0.4 is 5.73 Å². The number of nitrogens with zero attached hydrogens (tertiary/aromatic N) is 2. The molecule has 1 aromatic rings. The van der Waals surface area contributed by atoms with Crippen molar-refractivity contribution < 1.29 is 5.11 Å². The van der Waals surface area contributed by atoms with Gasteiger partial charge in [0.05, 0.1) is 6.10 Å². The van der Waals surface area contributed by atoms with Crippen molar-refractivity contribution in [3.63, 3.8) is 0 Å². The van der Waals surface area contributed by atoms with Gasteiger partial charge in [-0.3, -0.25) is 4.90 Å². The Labute approximate surface area is 122 Å². The maximum atomic E-state index is 10.3. The molecule has 3 N–H and O–H groups in total. The fraction of sp³-hybridized carbons (Fsp3) is 0.625. The van der Waals surface area contributed by atoms with E-state index in [4.69, 9.17) is 5.73 Å². The zero-order valence-corrected chi connectivity index (χ0v) is 12.6. The first kappa shape index (κ1) is 15.3. The van der Waals surface area contributed by atoms with Gasteiger partial charge in [0.15, 0.2) is 0 Å². The van der Waals surface area contributed by atoms with Gasteiger partial charge in [-0.2, -0.15) is 0 Å². The van der Waals surface area contributed by atoms with Crippen molar-refractivity contribution >= 4 is 5.69 Å². The number of hydrogen-bond donors (Lipinski definition) is 2. The van der Waals surface area contributed by atoms with E-state index in [0.717, 1.165) is 18.7 Å². The predicted octanol–water partition coefficient (Wildman–Crippen LogP) is 1.72. The van der Waals surface area contributed by atoms with Crippen molar-refractivity contribution in [2.24, 2.45) is 0 Å². The minimum absolute atomic E-state index is 0.472. The Morgan fingerprint density at radius 1 is 1.50 bits per heavy atom. The second kappa shape index (κ2) is 7.07. The summed E-state index contributed by atoms with van der Waals surface area (Å²) in [5.74, 6) is 0. The molecule has 1 saturated heterocycles.